The van der Waals surface area contributed by atoms with Gasteiger partial charge in [0.25, 0.3) is 0 Å². The normalized spacial score (nSPS) is 23.6. The maximum atomic E-state index is 12.7. The summed E-state index contributed by atoms with van der Waals surface area (Å²) in [7, 11) is 1.84. The molecule has 0 N–H and O–H groups in total. The molecule has 28 heavy (non-hydrogen) atoms. The Kier molecular flexibility index (Phi) is 9.42. The van der Waals surface area contributed by atoms with Crippen molar-refractivity contribution in [1.29, 1.82) is 0 Å². The molecule has 2 aliphatic rings. The highest BCUT2D eigenvalue weighted by Crippen LogP contribution is 2.30. The van der Waals surface area contributed by atoms with Gasteiger partial charge in [-0.2, -0.15) is 0 Å². The molecule has 1 saturated carbocycles. The molecule has 0 atom stereocenters. The monoisotopic (exact) mass is 394 g/mol. The number of piperidine rings is 1. The van der Waals surface area contributed by atoms with Gasteiger partial charge in [-0.3, -0.25) is 9.59 Å². The molecule has 160 valence electrons. The van der Waals surface area contributed by atoms with E-state index < -0.39 is 0 Å². The van der Waals surface area contributed by atoms with Crippen molar-refractivity contribution in [2.45, 2.75) is 71.3 Å². The van der Waals surface area contributed by atoms with Crippen molar-refractivity contribution in [3.05, 3.63) is 0 Å². The van der Waals surface area contributed by atoms with Crippen molar-refractivity contribution in [3.8, 4) is 0 Å². The summed E-state index contributed by atoms with van der Waals surface area (Å²) in [6.07, 6.45) is 8.81. The van der Waals surface area contributed by atoms with Crippen LogP contribution in [0.2, 0.25) is 0 Å². The fourth-order valence-electron chi connectivity index (χ4n) is 4.29. The van der Waals surface area contributed by atoms with Crippen LogP contribution in [-0.2, 0) is 19.1 Å². The zero-order valence-electron chi connectivity index (χ0n) is 17.9. The Labute approximate surface area is 170 Å². The summed E-state index contributed by atoms with van der Waals surface area (Å²) in [6.45, 7) is 6.49. The van der Waals surface area contributed by atoms with E-state index in [0.717, 1.165) is 77.3 Å². The lowest BCUT2D eigenvalue weighted by molar-refractivity contribution is -0.139. The maximum absolute atomic E-state index is 12.7. The highest BCUT2D eigenvalue weighted by molar-refractivity contribution is 5.79. The van der Waals surface area contributed by atoms with Gasteiger partial charge < -0.3 is 19.3 Å². The van der Waals surface area contributed by atoms with Gasteiger partial charge in [0, 0.05) is 38.5 Å². The Morgan fingerprint density at radius 2 is 1.75 bits per heavy atom. The second kappa shape index (κ2) is 11.5. The number of likely N-dealkylation sites (N-methyl/N-ethyl adjacent to an activating group) is 1. The van der Waals surface area contributed by atoms with Gasteiger partial charge in [-0.25, -0.2) is 0 Å². The number of amides is 2. The Hall–Kier alpha value is -1.43. The molecule has 1 aliphatic carbocycles. The molecule has 2 fully saturated rings. The lowest BCUT2D eigenvalue weighted by Crippen LogP contribution is -2.42. The quantitative estimate of drug-likeness (QED) is 0.564. The zero-order chi connectivity index (χ0) is 20.5. The number of rotatable bonds is 9. The van der Waals surface area contributed by atoms with Gasteiger partial charge in [0.05, 0.1) is 6.10 Å². The van der Waals surface area contributed by atoms with Crippen LogP contribution in [0, 0.1) is 17.8 Å². The summed E-state index contributed by atoms with van der Waals surface area (Å²) < 4.78 is 5.37. The fourth-order valence-corrected chi connectivity index (χ4v) is 4.29. The predicted octanol–water partition coefficient (Wildman–Crippen LogP) is 2.89. The molecule has 0 aromatic rings. The van der Waals surface area contributed by atoms with Crippen LogP contribution in [0.15, 0.2) is 0 Å². The maximum Gasteiger partial charge on any atom is 0.248 e. The van der Waals surface area contributed by atoms with Crippen LogP contribution >= 0.6 is 0 Å². The first-order valence-corrected chi connectivity index (χ1v) is 11.0. The number of hydrogen-bond acceptors (Lipinski definition) is 4. The zero-order valence-corrected chi connectivity index (χ0v) is 17.9. The van der Waals surface area contributed by atoms with Gasteiger partial charge in [0.2, 0.25) is 11.8 Å². The van der Waals surface area contributed by atoms with Gasteiger partial charge in [0.1, 0.15) is 12.9 Å². The smallest absolute Gasteiger partial charge is 0.248 e. The first-order chi connectivity index (χ1) is 13.4. The predicted molar refractivity (Wildman–Crippen MR) is 109 cm³/mol. The minimum absolute atomic E-state index is 0.0402. The number of aldehydes is 1. The number of likely N-dealkylation sites (tertiary alicyclic amines) is 1. The van der Waals surface area contributed by atoms with Crippen LogP contribution in [0.4, 0.5) is 0 Å². The highest BCUT2D eigenvalue weighted by atomic mass is 16.5. The first-order valence-electron chi connectivity index (χ1n) is 11.0. The third-order valence-electron chi connectivity index (χ3n) is 6.31. The third kappa shape index (κ3) is 7.19. The molecule has 2 rings (SSSR count). The summed E-state index contributed by atoms with van der Waals surface area (Å²) in [5.41, 5.74) is 0. The average Bonchev–Trinajstić information content (AvgIpc) is 2.71. The van der Waals surface area contributed by atoms with Crippen molar-refractivity contribution in [3.63, 3.8) is 0 Å². The van der Waals surface area contributed by atoms with Crippen molar-refractivity contribution >= 4 is 18.1 Å². The van der Waals surface area contributed by atoms with E-state index in [9.17, 15) is 14.4 Å². The topological polar surface area (TPSA) is 66.9 Å². The van der Waals surface area contributed by atoms with Gasteiger partial charge >= 0.3 is 0 Å². The standard InChI is InChI=1S/C22H38N2O4/c1-17(2)28-16-21(26)23(3)12-4-5-18-10-13-24(14-11-18)22(27)20-8-6-19(15-25)7-9-20/h15,17-20H,4-14,16H2,1-3H3. The number of carbonyl (C=O) groups excluding carboxylic acids is 3. The Bertz CT molecular complexity index is 507. The summed E-state index contributed by atoms with van der Waals surface area (Å²) in [6, 6.07) is 0. The molecule has 1 heterocycles. The van der Waals surface area contributed by atoms with Crippen LogP contribution in [0.1, 0.15) is 65.2 Å². The molecular weight excluding hydrogens is 356 g/mol. The summed E-state index contributed by atoms with van der Waals surface area (Å²) >= 11 is 0. The molecule has 1 aliphatic heterocycles. The van der Waals surface area contributed by atoms with E-state index in [0.29, 0.717) is 11.8 Å². The Morgan fingerprint density at radius 3 is 2.32 bits per heavy atom. The minimum atomic E-state index is 0.0402. The summed E-state index contributed by atoms with van der Waals surface area (Å²) in [5, 5.41) is 0. The van der Waals surface area contributed by atoms with E-state index in [2.05, 4.69) is 0 Å². The van der Waals surface area contributed by atoms with Crippen LogP contribution in [0.25, 0.3) is 0 Å². The second-order valence-corrected chi connectivity index (χ2v) is 8.83. The molecule has 0 radical (unpaired) electrons. The molecule has 0 aromatic heterocycles. The van der Waals surface area contributed by atoms with Crippen molar-refractivity contribution < 1.29 is 19.1 Å². The number of carbonyl (C=O) groups is 3. The number of hydrogen-bond donors (Lipinski definition) is 0. The molecule has 0 spiro atoms. The van der Waals surface area contributed by atoms with E-state index in [1.165, 1.54) is 0 Å². The molecular formula is C22H38N2O4. The van der Waals surface area contributed by atoms with E-state index in [4.69, 9.17) is 4.74 Å². The van der Waals surface area contributed by atoms with Gasteiger partial charge in [-0.05, 0) is 71.1 Å². The Morgan fingerprint density at radius 1 is 1.11 bits per heavy atom. The SMILES string of the molecule is CC(C)OCC(=O)N(C)CCCC1CCN(C(=O)C2CCC(C=O)CC2)CC1. The third-order valence-corrected chi connectivity index (χ3v) is 6.31. The molecule has 1 saturated heterocycles. The number of ether oxygens (including phenoxy) is 1. The van der Waals surface area contributed by atoms with Gasteiger partial charge in [-0.1, -0.05) is 0 Å². The summed E-state index contributed by atoms with van der Waals surface area (Å²) in [4.78, 5) is 39.4. The van der Waals surface area contributed by atoms with Crippen LogP contribution in [0.5, 0.6) is 0 Å². The van der Waals surface area contributed by atoms with Gasteiger partial charge in [0.15, 0.2) is 0 Å². The molecule has 0 unspecified atom stereocenters. The molecule has 2 amide bonds. The van der Waals surface area contributed by atoms with Crippen LogP contribution in [-0.4, -0.2) is 67.3 Å². The van der Waals surface area contributed by atoms with E-state index in [-0.39, 0.29) is 30.5 Å². The van der Waals surface area contributed by atoms with Crippen LogP contribution < -0.4 is 0 Å². The highest BCUT2D eigenvalue weighted by Gasteiger charge is 2.31. The minimum Gasteiger partial charge on any atom is -0.369 e. The second-order valence-electron chi connectivity index (χ2n) is 8.83. The molecule has 0 bridgehead atoms. The van der Waals surface area contributed by atoms with Crippen LogP contribution in [0.3, 0.4) is 0 Å². The van der Waals surface area contributed by atoms with Crippen molar-refractivity contribution in [2.24, 2.45) is 17.8 Å². The van der Waals surface area contributed by atoms with E-state index >= 15 is 0 Å². The number of nitrogens with zero attached hydrogens (tertiary/aromatic N) is 2. The van der Waals surface area contributed by atoms with E-state index in [1.807, 2.05) is 25.8 Å². The molecule has 0 aromatic carbocycles. The lowest BCUT2D eigenvalue weighted by Gasteiger charge is -2.36. The lowest BCUT2D eigenvalue weighted by atomic mass is 9.81. The van der Waals surface area contributed by atoms with Crippen molar-refractivity contribution in [1.82, 2.24) is 9.80 Å². The Balaban J connectivity index is 1.61. The fraction of sp³-hybridized carbons (Fsp3) is 0.864. The largest absolute Gasteiger partial charge is 0.369 e. The summed E-state index contributed by atoms with van der Waals surface area (Å²) in [5.74, 6) is 1.28. The first kappa shape index (κ1) is 22.9. The average molecular weight is 395 g/mol. The van der Waals surface area contributed by atoms with Gasteiger partial charge in [-0.15, -0.1) is 0 Å². The van der Waals surface area contributed by atoms with Crippen molar-refractivity contribution in [2.75, 3.05) is 33.3 Å². The molecule has 6 nitrogen and oxygen atoms in total. The molecule has 6 heteroatoms. The van der Waals surface area contributed by atoms with E-state index in [1.54, 1.807) is 4.90 Å².